The highest BCUT2D eigenvalue weighted by Gasteiger charge is 1.88. The third-order valence-corrected chi connectivity index (χ3v) is 2.13. The topological polar surface area (TPSA) is 0 Å². The standard InChI is InChI=1S/C14H8Cl/c15-14-10-8-13(9-11-14)7-6-12-4-2-1-3-5-12/h1-5,8,10-11H. The van der Waals surface area contributed by atoms with Gasteiger partial charge in [-0.25, -0.2) is 0 Å². The Hall–Kier alpha value is -1.71. The van der Waals surface area contributed by atoms with Crippen LogP contribution in [0.3, 0.4) is 0 Å². The third-order valence-electron chi connectivity index (χ3n) is 1.89. The normalized spacial score (nSPS) is 9.13. The van der Waals surface area contributed by atoms with Crippen LogP contribution in [0.1, 0.15) is 11.1 Å². The van der Waals surface area contributed by atoms with E-state index in [0.29, 0.717) is 5.02 Å². The lowest BCUT2D eigenvalue weighted by Crippen LogP contribution is -1.75. The zero-order chi connectivity index (χ0) is 10.5. The van der Waals surface area contributed by atoms with Crippen molar-refractivity contribution in [1.82, 2.24) is 0 Å². The zero-order valence-corrected chi connectivity index (χ0v) is 8.75. The molecule has 0 nitrogen and oxygen atoms in total. The van der Waals surface area contributed by atoms with Crippen molar-refractivity contribution >= 4 is 11.6 Å². The summed E-state index contributed by atoms with van der Waals surface area (Å²) >= 11 is 5.75. The minimum atomic E-state index is 0.681. The van der Waals surface area contributed by atoms with E-state index in [9.17, 15) is 0 Å². The Morgan fingerprint density at radius 2 is 1.73 bits per heavy atom. The van der Waals surface area contributed by atoms with Crippen LogP contribution in [0.5, 0.6) is 0 Å². The maximum atomic E-state index is 5.75. The summed E-state index contributed by atoms with van der Waals surface area (Å²) in [6.07, 6.45) is 0. The van der Waals surface area contributed by atoms with Crippen LogP contribution in [0.25, 0.3) is 0 Å². The van der Waals surface area contributed by atoms with E-state index < -0.39 is 0 Å². The van der Waals surface area contributed by atoms with E-state index in [1.165, 1.54) is 0 Å². The number of hydrogen-bond donors (Lipinski definition) is 0. The van der Waals surface area contributed by atoms with Crippen LogP contribution in [0.2, 0.25) is 5.02 Å². The molecule has 0 heterocycles. The van der Waals surface area contributed by atoms with E-state index in [4.69, 9.17) is 11.6 Å². The molecule has 71 valence electrons. The van der Waals surface area contributed by atoms with Gasteiger partial charge in [0.1, 0.15) is 0 Å². The molecule has 0 aliphatic heterocycles. The van der Waals surface area contributed by atoms with Crippen LogP contribution >= 0.6 is 11.6 Å². The SMILES string of the molecule is Clc1c[c]c(C#Cc2ccccc2)cc1. The molecular formula is C14H8Cl. The van der Waals surface area contributed by atoms with Crippen LogP contribution in [0, 0.1) is 17.9 Å². The van der Waals surface area contributed by atoms with Crippen molar-refractivity contribution in [2.75, 3.05) is 0 Å². The lowest BCUT2D eigenvalue weighted by Gasteiger charge is -1.90. The first-order valence-electron chi connectivity index (χ1n) is 4.59. The fourth-order valence-corrected chi connectivity index (χ4v) is 1.26. The van der Waals surface area contributed by atoms with Crippen LogP contribution in [0.15, 0.2) is 48.5 Å². The van der Waals surface area contributed by atoms with Crippen molar-refractivity contribution in [3.8, 4) is 11.8 Å². The van der Waals surface area contributed by atoms with Crippen LogP contribution < -0.4 is 0 Å². The van der Waals surface area contributed by atoms with Gasteiger partial charge in [-0.15, -0.1) is 0 Å². The molecule has 1 radical (unpaired) electrons. The van der Waals surface area contributed by atoms with Crippen LogP contribution in [-0.4, -0.2) is 0 Å². The Bertz CT molecular complexity index is 486. The predicted octanol–water partition coefficient (Wildman–Crippen LogP) is 3.54. The summed E-state index contributed by atoms with van der Waals surface area (Å²) in [7, 11) is 0. The molecule has 0 saturated carbocycles. The highest BCUT2D eigenvalue weighted by atomic mass is 35.5. The third kappa shape index (κ3) is 2.87. The van der Waals surface area contributed by atoms with E-state index in [1.54, 1.807) is 6.07 Å². The van der Waals surface area contributed by atoms with Gasteiger partial charge in [0.25, 0.3) is 0 Å². The van der Waals surface area contributed by atoms with Crippen molar-refractivity contribution in [1.29, 1.82) is 0 Å². The summed E-state index contributed by atoms with van der Waals surface area (Å²) in [4.78, 5) is 0. The Balaban J connectivity index is 2.22. The average molecular weight is 212 g/mol. The second-order valence-electron chi connectivity index (χ2n) is 3.04. The summed E-state index contributed by atoms with van der Waals surface area (Å²) in [5.41, 5.74) is 1.85. The minimum absolute atomic E-state index is 0.681. The summed E-state index contributed by atoms with van der Waals surface area (Å²) in [6.45, 7) is 0. The van der Waals surface area contributed by atoms with Crippen molar-refractivity contribution < 1.29 is 0 Å². The summed E-state index contributed by atoms with van der Waals surface area (Å²) in [5.74, 6) is 6.08. The Morgan fingerprint density at radius 1 is 0.933 bits per heavy atom. The van der Waals surface area contributed by atoms with Gasteiger partial charge in [0.15, 0.2) is 0 Å². The molecule has 0 aliphatic carbocycles. The van der Waals surface area contributed by atoms with Gasteiger partial charge in [-0.3, -0.25) is 0 Å². The Morgan fingerprint density at radius 3 is 2.40 bits per heavy atom. The zero-order valence-electron chi connectivity index (χ0n) is 8.00. The number of rotatable bonds is 0. The van der Waals surface area contributed by atoms with Gasteiger partial charge in [-0.2, -0.15) is 0 Å². The molecule has 0 amide bonds. The largest absolute Gasteiger partial charge is 0.0843 e. The molecular weight excluding hydrogens is 204 g/mol. The first-order chi connectivity index (χ1) is 7.34. The van der Waals surface area contributed by atoms with E-state index >= 15 is 0 Å². The maximum Gasteiger partial charge on any atom is 0.0413 e. The van der Waals surface area contributed by atoms with E-state index in [-0.39, 0.29) is 0 Å². The molecule has 0 saturated heterocycles. The van der Waals surface area contributed by atoms with E-state index in [1.807, 2.05) is 42.5 Å². The first kappa shape index (κ1) is 9.83. The average Bonchev–Trinajstić information content (AvgIpc) is 2.30. The molecule has 0 aliphatic rings. The molecule has 15 heavy (non-hydrogen) atoms. The summed E-state index contributed by atoms with van der Waals surface area (Å²) in [6, 6.07) is 18.2. The Kier molecular flexibility index (Phi) is 3.07. The van der Waals surface area contributed by atoms with E-state index in [0.717, 1.165) is 11.1 Å². The molecule has 0 N–H and O–H groups in total. The van der Waals surface area contributed by atoms with Crippen LogP contribution in [0.4, 0.5) is 0 Å². The quantitative estimate of drug-likeness (QED) is 0.585. The molecule has 2 aromatic rings. The smallest absolute Gasteiger partial charge is 0.0413 e. The minimum Gasteiger partial charge on any atom is -0.0843 e. The molecule has 2 aromatic carbocycles. The number of halogens is 1. The summed E-state index contributed by atoms with van der Waals surface area (Å²) in [5, 5.41) is 0.681. The molecule has 0 atom stereocenters. The Labute approximate surface area is 94.5 Å². The lowest BCUT2D eigenvalue weighted by molar-refractivity contribution is 1.61. The molecule has 0 aromatic heterocycles. The molecule has 0 bridgehead atoms. The highest BCUT2D eigenvalue weighted by Crippen LogP contribution is 2.07. The molecule has 1 heteroatoms. The van der Waals surface area contributed by atoms with Gasteiger partial charge in [-0.1, -0.05) is 41.6 Å². The molecule has 0 unspecified atom stereocenters. The molecule has 0 spiro atoms. The fraction of sp³-hybridized carbons (Fsp3) is 0. The molecule has 0 fully saturated rings. The lowest BCUT2D eigenvalue weighted by atomic mass is 10.2. The number of hydrogen-bond acceptors (Lipinski definition) is 0. The van der Waals surface area contributed by atoms with E-state index in [2.05, 4.69) is 17.9 Å². The predicted molar refractivity (Wildman–Crippen MR) is 62.7 cm³/mol. The maximum absolute atomic E-state index is 5.75. The van der Waals surface area contributed by atoms with Crippen molar-refractivity contribution in [2.24, 2.45) is 0 Å². The van der Waals surface area contributed by atoms with Gasteiger partial charge in [0.2, 0.25) is 0 Å². The fourth-order valence-electron chi connectivity index (χ4n) is 1.14. The van der Waals surface area contributed by atoms with Gasteiger partial charge in [-0.05, 0) is 30.3 Å². The summed E-state index contributed by atoms with van der Waals surface area (Å²) < 4.78 is 0. The van der Waals surface area contributed by atoms with Crippen molar-refractivity contribution in [3.63, 3.8) is 0 Å². The van der Waals surface area contributed by atoms with Gasteiger partial charge in [0, 0.05) is 22.2 Å². The second kappa shape index (κ2) is 4.68. The monoisotopic (exact) mass is 211 g/mol. The number of benzene rings is 2. The van der Waals surface area contributed by atoms with Gasteiger partial charge in [0.05, 0.1) is 0 Å². The van der Waals surface area contributed by atoms with Crippen molar-refractivity contribution in [2.45, 2.75) is 0 Å². The van der Waals surface area contributed by atoms with Gasteiger partial charge < -0.3 is 0 Å². The first-order valence-corrected chi connectivity index (χ1v) is 4.97. The van der Waals surface area contributed by atoms with Gasteiger partial charge >= 0.3 is 0 Å². The molecule has 2 rings (SSSR count). The second-order valence-corrected chi connectivity index (χ2v) is 3.47. The van der Waals surface area contributed by atoms with Crippen molar-refractivity contribution in [3.05, 3.63) is 70.7 Å². The highest BCUT2D eigenvalue weighted by molar-refractivity contribution is 6.30. The van der Waals surface area contributed by atoms with Crippen LogP contribution in [-0.2, 0) is 0 Å².